The SMILES string of the molecule is CCCCC(N)(CCCC)C(C)(C)N.CN. The zero-order chi connectivity index (χ0) is 13.2. The highest BCUT2D eigenvalue weighted by Crippen LogP contribution is 2.28. The summed E-state index contributed by atoms with van der Waals surface area (Å²) in [6.07, 6.45) is 6.85. The van der Waals surface area contributed by atoms with Crippen LogP contribution in [0, 0.1) is 0 Å². The molecule has 0 rings (SSSR count). The van der Waals surface area contributed by atoms with Crippen LogP contribution in [-0.2, 0) is 0 Å². The highest BCUT2D eigenvalue weighted by molar-refractivity contribution is 5.01. The molecule has 0 amide bonds. The molecule has 3 heteroatoms. The average Bonchev–Trinajstić information content (AvgIpc) is 2.24. The molecule has 0 atom stereocenters. The van der Waals surface area contributed by atoms with Crippen LogP contribution in [0.3, 0.4) is 0 Å². The molecule has 0 saturated carbocycles. The summed E-state index contributed by atoms with van der Waals surface area (Å²) in [4.78, 5) is 0. The first-order valence-corrected chi connectivity index (χ1v) is 6.53. The Morgan fingerprint density at radius 2 is 1.12 bits per heavy atom. The number of rotatable bonds is 7. The predicted octanol–water partition coefficient (Wildman–Crippen LogP) is 2.38. The lowest BCUT2D eigenvalue weighted by Gasteiger charge is -2.42. The van der Waals surface area contributed by atoms with E-state index in [9.17, 15) is 0 Å². The fourth-order valence-electron chi connectivity index (χ4n) is 1.75. The minimum Gasteiger partial charge on any atom is -0.333 e. The van der Waals surface area contributed by atoms with Gasteiger partial charge in [0.25, 0.3) is 0 Å². The van der Waals surface area contributed by atoms with E-state index in [0.29, 0.717) is 0 Å². The lowest BCUT2D eigenvalue weighted by atomic mass is 9.74. The van der Waals surface area contributed by atoms with Crippen LogP contribution in [0.5, 0.6) is 0 Å². The topological polar surface area (TPSA) is 78.1 Å². The van der Waals surface area contributed by atoms with Crippen molar-refractivity contribution in [1.82, 2.24) is 0 Å². The molecule has 0 aromatic rings. The zero-order valence-corrected chi connectivity index (χ0v) is 12.0. The molecular weight excluding hydrogens is 198 g/mol. The van der Waals surface area contributed by atoms with Crippen LogP contribution in [-0.4, -0.2) is 18.1 Å². The maximum absolute atomic E-state index is 6.42. The number of hydrogen-bond acceptors (Lipinski definition) is 3. The molecule has 0 radical (unpaired) electrons. The molecule has 0 saturated heterocycles. The monoisotopic (exact) mass is 231 g/mol. The summed E-state index contributed by atoms with van der Waals surface area (Å²) in [5.41, 5.74) is 16.6. The van der Waals surface area contributed by atoms with Crippen LogP contribution in [0.2, 0.25) is 0 Å². The molecule has 0 heterocycles. The largest absolute Gasteiger partial charge is 0.333 e. The van der Waals surface area contributed by atoms with Crippen molar-refractivity contribution < 1.29 is 0 Å². The second kappa shape index (κ2) is 8.97. The Hall–Kier alpha value is -0.120. The van der Waals surface area contributed by atoms with Gasteiger partial charge >= 0.3 is 0 Å². The molecule has 16 heavy (non-hydrogen) atoms. The maximum atomic E-state index is 6.42. The summed E-state index contributed by atoms with van der Waals surface area (Å²) in [5, 5.41) is 0. The Morgan fingerprint density at radius 3 is 1.31 bits per heavy atom. The van der Waals surface area contributed by atoms with Gasteiger partial charge in [0.1, 0.15) is 0 Å². The second-order valence-electron chi connectivity index (χ2n) is 5.08. The Labute approximate surface area is 102 Å². The molecule has 0 aromatic heterocycles. The van der Waals surface area contributed by atoms with Gasteiger partial charge in [0.2, 0.25) is 0 Å². The first-order chi connectivity index (χ1) is 7.37. The molecule has 0 aliphatic heterocycles. The van der Waals surface area contributed by atoms with Crippen LogP contribution in [0.1, 0.15) is 66.2 Å². The van der Waals surface area contributed by atoms with E-state index in [-0.39, 0.29) is 11.1 Å². The van der Waals surface area contributed by atoms with Crippen molar-refractivity contribution in [3.63, 3.8) is 0 Å². The summed E-state index contributed by atoms with van der Waals surface area (Å²) < 4.78 is 0. The van der Waals surface area contributed by atoms with Gasteiger partial charge < -0.3 is 17.2 Å². The van der Waals surface area contributed by atoms with Crippen molar-refractivity contribution in [2.75, 3.05) is 7.05 Å². The highest BCUT2D eigenvalue weighted by Gasteiger charge is 2.37. The third kappa shape index (κ3) is 6.46. The van der Waals surface area contributed by atoms with Crippen molar-refractivity contribution in [2.45, 2.75) is 77.3 Å². The summed E-state index contributed by atoms with van der Waals surface area (Å²) in [7, 11) is 1.50. The average molecular weight is 231 g/mol. The number of nitrogens with two attached hydrogens (primary N) is 3. The molecule has 3 nitrogen and oxygen atoms in total. The minimum absolute atomic E-state index is 0.182. The Morgan fingerprint density at radius 1 is 0.812 bits per heavy atom. The summed E-state index contributed by atoms with van der Waals surface area (Å²) in [6, 6.07) is 0. The van der Waals surface area contributed by atoms with Crippen LogP contribution in [0.4, 0.5) is 0 Å². The summed E-state index contributed by atoms with van der Waals surface area (Å²) >= 11 is 0. The van der Waals surface area contributed by atoms with E-state index in [0.717, 1.165) is 12.8 Å². The first-order valence-electron chi connectivity index (χ1n) is 6.53. The van der Waals surface area contributed by atoms with E-state index in [1.807, 2.05) is 0 Å². The van der Waals surface area contributed by atoms with E-state index >= 15 is 0 Å². The Balaban J connectivity index is 0. The zero-order valence-electron chi connectivity index (χ0n) is 12.0. The van der Waals surface area contributed by atoms with Crippen molar-refractivity contribution in [1.29, 1.82) is 0 Å². The Bertz CT molecular complexity index is 142. The van der Waals surface area contributed by atoms with E-state index in [1.54, 1.807) is 0 Å². The van der Waals surface area contributed by atoms with Crippen LogP contribution < -0.4 is 17.2 Å². The standard InChI is InChI=1S/C12H28N2.CH5N/c1-5-7-9-12(14,10-8-6-2)11(3,4)13;1-2/h5-10,13-14H2,1-4H3;2H2,1H3. The molecule has 0 spiro atoms. The smallest absolute Gasteiger partial charge is 0.0331 e. The van der Waals surface area contributed by atoms with Gasteiger partial charge in [0, 0.05) is 11.1 Å². The van der Waals surface area contributed by atoms with Crippen molar-refractivity contribution in [3.05, 3.63) is 0 Å². The summed E-state index contributed by atoms with van der Waals surface area (Å²) in [5.74, 6) is 0. The number of unbranched alkanes of at least 4 members (excludes halogenated alkanes) is 2. The van der Waals surface area contributed by atoms with Crippen LogP contribution in [0.25, 0.3) is 0 Å². The van der Waals surface area contributed by atoms with Gasteiger partial charge in [-0.05, 0) is 33.7 Å². The van der Waals surface area contributed by atoms with Gasteiger partial charge in [-0.25, -0.2) is 0 Å². The highest BCUT2D eigenvalue weighted by atomic mass is 14.9. The Kier molecular flexibility index (Phi) is 10.2. The second-order valence-corrected chi connectivity index (χ2v) is 5.08. The van der Waals surface area contributed by atoms with E-state index < -0.39 is 0 Å². The molecule has 0 aromatic carbocycles. The lowest BCUT2D eigenvalue weighted by molar-refractivity contribution is 0.215. The molecule has 6 N–H and O–H groups in total. The van der Waals surface area contributed by atoms with Crippen molar-refractivity contribution in [3.8, 4) is 0 Å². The normalized spacial score (nSPS) is 12.0. The van der Waals surface area contributed by atoms with Gasteiger partial charge in [-0.3, -0.25) is 0 Å². The molecule has 0 aliphatic rings. The van der Waals surface area contributed by atoms with Crippen LogP contribution in [0.15, 0.2) is 0 Å². The third-order valence-corrected chi connectivity index (χ3v) is 3.24. The van der Waals surface area contributed by atoms with Crippen molar-refractivity contribution in [2.24, 2.45) is 17.2 Å². The number of hydrogen-bond donors (Lipinski definition) is 3. The molecule has 0 unspecified atom stereocenters. The fourth-order valence-corrected chi connectivity index (χ4v) is 1.75. The first kappa shape index (κ1) is 18.3. The molecular formula is C13H33N3. The van der Waals surface area contributed by atoms with Crippen molar-refractivity contribution >= 4 is 0 Å². The minimum atomic E-state index is -0.267. The van der Waals surface area contributed by atoms with Gasteiger partial charge in [0.05, 0.1) is 0 Å². The molecule has 100 valence electrons. The van der Waals surface area contributed by atoms with Crippen LogP contribution >= 0.6 is 0 Å². The fraction of sp³-hybridized carbons (Fsp3) is 1.00. The van der Waals surface area contributed by atoms with Gasteiger partial charge in [0.15, 0.2) is 0 Å². The molecule has 0 aliphatic carbocycles. The third-order valence-electron chi connectivity index (χ3n) is 3.24. The van der Waals surface area contributed by atoms with E-state index in [4.69, 9.17) is 11.5 Å². The van der Waals surface area contributed by atoms with E-state index in [1.165, 1.54) is 32.7 Å². The van der Waals surface area contributed by atoms with Gasteiger partial charge in [-0.2, -0.15) is 0 Å². The summed E-state index contributed by atoms with van der Waals surface area (Å²) in [6.45, 7) is 8.50. The quantitative estimate of drug-likeness (QED) is 0.629. The van der Waals surface area contributed by atoms with Gasteiger partial charge in [-0.1, -0.05) is 39.5 Å². The predicted molar refractivity (Wildman–Crippen MR) is 74.3 cm³/mol. The van der Waals surface area contributed by atoms with Gasteiger partial charge in [-0.15, -0.1) is 0 Å². The van der Waals surface area contributed by atoms with E-state index in [2.05, 4.69) is 33.4 Å². The maximum Gasteiger partial charge on any atom is 0.0331 e. The molecule has 0 fully saturated rings. The molecule has 0 bridgehead atoms. The lowest BCUT2D eigenvalue weighted by Crippen LogP contribution is -2.62.